The molecule has 124 valence electrons. The monoisotopic (exact) mass is 383 g/mol. The molecule has 1 aliphatic heterocycles. The highest BCUT2D eigenvalue weighted by atomic mass is 35.5. The zero-order chi connectivity index (χ0) is 17.3. The topological polar surface area (TPSA) is 46.6 Å². The van der Waals surface area contributed by atoms with Gasteiger partial charge in [0, 0.05) is 16.6 Å². The Kier molecular flexibility index (Phi) is 4.99. The Balaban J connectivity index is 1.65. The molecule has 0 saturated carbocycles. The van der Waals surface area contributed by atoms with Crippen molar-refractivity contribution in [3.8, 4) is 5.75 Å². The zero-order valence-electron chi connectivity index (χ0n) is 12.4. The number of ether oxygens (including phenoxy) is 1. The maximum absolute atomic E-state index is 12.1. The lowest BCUT2D eigenvalue weighted by Crippen LogP contribution is -2.31. The smallest absolute Gasteiger partial charge is 0.299 e. The van der Waals surface area contributed by atoms with Crippen LogP contribution in [0.3, 0.4) is 0 Å². The predicted molar refractivity (Wildman–Crippen MR) is 94.7 cm³/mol. The second-order valence-electron chi connectivity index (χ2n) is 5.23. The first-order valence-corrected chi connectivity index (χ1v) is 8.34. The van der Waals surface area contributed by atoms with Gasteiger partial charge in [0.05, 0.1) is 22.9 Å². The fourth-order valence-corrected chi connectivity index (χ4v) is 3.23. The maximum atomic E-state index is 12.1. The lowest BCUT2D eigenvalue weighted by atomic mass is 10.1. The van der Waals surface area contributed by atoms with Gasteiger partial charge in [0.25, 0.3) is 11.7 Å². The van der Waals surface area contributed by atoms with E-state index in [9.17, 15) is 9.59 Å². The van der Waals surface area contributed by atoms with E-state index in [1.165, 1.54) is 17.0 Å². The molecule has 0 atom stereocenters. The highest BCUT2D eigenvalue weighted by molar-refractivity contribution is 6.54. The van der Waals surface area contributed by atoms with Crippen LogP contribution in [0.15, 0.2) is 36.4 Å². The Morgan fingerprint density at radius 2 is 1.67 bits per heavy atom. The number of fused-ring (bicyclic) bond motifs is 1. The Morgan fingerprint density at radius 1 is 0.958 bits per heavy atom. The largest absolute Gasteiger partial charge is 0.494 e. The van der Waals surface area contributed by atoms with Crippen LogP contribution in [0, 0.1) is 0 Å². The van der Waals surface area contributed by atoms with Crippen molar-refractivity contribution >= 4 is 52.2 Å². The number of hydrogen-bond acceptors (Lipinski definition) is 3. The van der Waals surface area contributed by atoms with Gasteiger partial charge in [-0.1, -0.05) is 34.8 Å². The number of carbonyl (C=O) groups excluding carboxylic acids is 2. The van der Waals surface area contributed by atoms with Gasteiger partial charge in [0.2, 0.25) is 0 Å². The minimum atomic E-state index is -0.597. The fourth-order valence-electron chi connectivity index (χ4n) is 2.51. The summed E-state index contributed by atoms with van der Waals surface area (Å²) < 4.78 is 5.58. The van der Waals surface area contributed by atoms with Crippen LogP contribution in [-0.2, 0) is 4.79 Å². The van der Waals surface area contributed by atoms with Gasteiger partial charge in [0.1, 0.15) is 5.75 Å². The summed E-state index contributed by atoms with van der Waals surface area (Å²) in [6, 6.07) is 9.99. The molecule has 2 aromatic rings. The number of amides is 1. The number of hydrogen-bond donors (Lipinski definition) is 0. The van der Waals surface area contributed by atoms with Gasteiger partial charge in [-0.25, -0.2) is 0 Å². The fraction of sp³-hybridized carbons (Fsp3) is 0.176. The Bertz CT molecular complexity index is 805. The predicted octanol–water partition coefficient (Wildman–Crippen LogP) is 4.65. The molecule has 0 bridgehead atoms. The lowest BCUT2D eigenvalue weighted by Gasteiger charge is -2.18. The highest BCUT2D eigenvalue weighted by Gasteiger charge is 2.37. The van der Waals surface area contributed by atoms with Gasteiger partial charge in [-0.2, -0.15) is 0 Å². The molecule has 0 aliphatic carbocycles. The number of carbonyl (C=O) groups is 2. The summed E-state index contributed by atoms with van der Waals surface area (Å²) in [5, 5.41) is 1.25. The third kappa shape index (κ3) is 3.36. The third-order valence-electron chi connectivity index (χ3n) is 3.59. The molecule has 0 unspecified atom stereocenters. The van der Waals surface area contributed by atoms with Gasteiger partial charge in [-0.3, -0.25) is 9.59 Å². The average Bonchev–Trinajstić information content (AvgIpc) is 2.78. The van der Waals surface area contributed by atoms with Crippen molar-refractivity contribution in [1.82, 2.24) is 0 Å². The Morgan fingerprint density at radius 3 is 2.38 bits per heavy atom. The Hall–Kier alpha value is -1.75. The van der Waals surface area contributed by atoms with E-state index in [4.69, 9.17) is 39.5 Å². The summed E-state index contributed by atoms with van der Waals surface area (Å²) in [6.07, 6.45) is 0.542. The molecular formula is C17H12Cl3NO3. The summed E-state index contributed by atoms with van der Waals surface area (Å²) in [6.45, 7) is 0.715. The zero-order valence-corrected chi connectivity index (χ0v) is 14.7. The van der Waals surface area contributed by atoms with Gasteiger partial charge < -0.3 is 9.64 Å². The first kappa shape index (κ1) is 17.1. The van der Waals surface area contributed by atoms with E-state index in [0.717, 1.165) is 0 Å². The molecule has 1 heterocycles. The van der Waals surface area contributed by atoms with Crippen LogP contribution in [0.4, 0.5) is 5.69 Å². The average molecular weight is 385 g/mol. The molecule has 0 spiro atoms. The van der Waals surface area contributed by atoms with Crippen molar-refractivity contribution in [2.75, 3.05) is 18.1 Å². The molecule has 0 saturated heterocycles. The molecule has 3 rings (SSSR count). The number of halogens is 3. The SMILES string of the molecule is O=C1C(=O)N(CCCOc2ccc(Cl)cc2)c2c(Cl)cc(Cl)cc21. The number of Topliss-reactive ketones (excluding diaryl/α,β-unsaturated/α-hetero) is 1. The molecule has 0 N–H and O–H groups in total. The van der Waals surface area contributed by atoms with Gasteiger partial charge >= 0.3 is 0 Å². The Labute approximate surface area is 153 Å². The summed E-state index contributed by atoms with van der Waals surface area (Å²) in [4.78, 5) is 25.6. The molecule has 0 aromatic heterocycles. The standard InChI is InChI=1S/C17H12Cl3NO3/c18-10-2-4-12(5-3-10)24-7-1-6-21-15-13(16(22)17(21)23)8-11(19)9-14(15)20/h2-5,8-9H,1,6-7H2. The van der Waals surface area contributed by atoms with Crippen molar-refractivity contribution in [2.45, 2.75) is 6.42 Å². The quantitative estimate of drug-likeness (QED) is 0.557. The molecular weight excluding hydrogens is 373 g/mol. The normalized spacial score (nSPS) is 13.4. The molecule has 0 radical (unpaired) electrons. The molecule has 1 aliphatic rings. The van der Waals surface area contributed by atoms with Gasteiger partial charge in [-0.05, 0) is 42.8 Å². The van der Waals surface area contributed by atoms with Crippen LogP contribution >= 0.6 is 34.8 Å². The summed E-state index contributed by atoms with van der Waals surface area (Å²) in [5.74, 6) is -0.498. The minimum absolute atomic E-state index is 0.246. The summed E-state index contributed by atoms with van der Waals surface area (Å²) >= 11 is 17.9. The first-order chi connectivity index (χ1) is 11.5. The molecule has 7 heteroatoms. The van der Waals surface area contributed by atoms with Crippen molar-refractivity contribution in [2.24, 2.45) is 0 Å². The van der Waals surface area contributed by atoms with Crippen molar-refractivity contribution < 1.29 is 14.3 Å². The second kappa shape index (κ2) is 7.01. The second-order valence-corrected chi connectivity index (χ2v) is 6.51. The first-order valence-electron chi connectivity index (χ1n) is 7.21. The van der Waals surface area contributed by atoms with E-state index in [1.807, 2.05) is 0 Å². The van der Waals surface area contributed by atoms with Crippen LogP contribution in [0.1, 0.15) is 16.8 Å². The summed E-state index contributed by atoms with van der Waals surface area (Å²) in [7, 11) is 0. The van der Waals surface area contributed by atoms with E-state index in [2.05, 4.69) is 0 Å². The van der Waals surface area contributed by atoms with Crippen LogP contribution in [0.5, 0.6) is 5.75 Å². The third-order valence-corrected chi connectivity index (χ3v) is 4.35. The van der Waals surface area contributed by atoms with E-state index in [-0.39, 0.29) is 10.6 Å². The van der Waals surface area contributed by atoms with Crippen LogP contribution in [-0.4, -0.2) is 24.8 Å². The maximum Gasteiger partial charge on any atom is 0.299 e. The molecule has 0 fully saturated rings. The molecule has 24 heavy (non-hydrogen) atoms. The molecule has 4 nitrogen and oxygen atoms in total. The van der Waals surface area contributed by atoms with Gasteiger partial charge in [0.15, 0.2) is 0 Å². The van der Waals surface area contributed by atoms with Crippen LogP contribution in [0.25, 0.3) is 0 Å². The minimum Gasteiger partial charge on any atom is -0.494 e. The van der Waals surface area contributed by atoms with Gasteiger partial charge in [-0.15, -0.1) is 0 Å². The lowest BCUT2D eigenvalue weighted by molar-refractivity contribution is -0.114. The van der Waals surface area contributed by atoms with Crippen molar-refractivity contribution in [3.05, 3.63) is 57.0 Å². The van der Waals surface area contributed by atoms with E-state index >= 15 is 0 Å². The highest BCUT2D eigenvalue weighted by Crippen LogP contribution is 2.38. The number of benzene rings is 2. The summed E-state index contributed by atoms with van der Waals surface area (Å²) in [5.41, 5.74) is 0.665. The van der Waals surface area contributed by atoms with Crippen molar-refractivity contribution in [1.29, 1.82) is 0 Å². The van der Waals surface area contributed by atoms with E-state index in [1.54, 1.807) is 24.3 Å². The van der Waals surface area contributed by atoms with E-state index in [0.29, 0.717) is 41.1 Å². The number of ketones is 1. The van der Waals surface area contributed by atoms with Crippen molar-refractivity contribution in [3.63, 3.8) is 0 Å². The van der Waals surface area contributed by atoms with Crippen LogP contribution in [0.2, 0.25) is 15.1 Å². The number of nitrogens with zero attached hydrogens (tertiary/aromatic N) is 1. The number of anilines is 1. The number of rotatable bonds is 5. The van der Waals surface area contributed by atoms with Crippen LogP contribution < -0.4 is 9.64 Å². The van der Waals surface area contributed by atoms with E-state index < -0.39 is 11.7 Å². The molecule has 1 amide bonds. The molecule has 2 aromatic carbocycles.